The number of aromatic hydroxyl groups is 4. The van der Waals surface area contributed by atoms with E-state index in [0.717, 1.165) is 11.1 Å². The van der Waals surface area contributed by atoms with Crippen LogP contribution in [0.1, 0.15) is 25.0 Å². The molecule has 0 amide bonds. The van der Waals surface area contributed by atoms with Crippen LogP contribution in [0, 0.1) is 0 Å². The molecule has 0 spiro atoms. The minimum absolute atomic E-state index is 0.169. The Kier molecular flexibility index (Phi) is 8.07. The molecule has 0 fully saturated rings. The van der Waals surface area contributed by atoms with Gasteiger partial charge in [0.2, 0.25) is 0 Å². The summed E-state index contributed by atoms with van der Waals surface area (Å²) in [4.78, 5) is 0. The lowest BCUT2D eigenvalue weighted by Gasteiger charge is -2.27. The van der Waals surface area contributed by atoms with Gasteiger partial charge in [-0.1, -0.05) is 13.8 Å². The fourth-order valence-corrected chi connectivity index (χ4v) is 4.84. The second kappa shape index (κ2) is 9.73. The highest BCUT2D eigenvalue weighted by Crippen LogP contribution is 2.43. The molecular formula is C21H18Br4O4. The van der Waals surface area contributed by atoms with Crippen molar-refractivity contribution in [3.63, 3.8) is 0 Å². The van der Waals surface area contributed by atoms with Gasteiger partial charge in [0, 0.05) is 5.41 Å². The standard InChI is InChI=1S/C15H12Br4O2.C6H6O2/c1-15(2,7-3-9(16)13(20)10(17)4-7)8-5-11(18)14(21)12(19)6-8;7-5-1-2-6(8)4-3-5/h3-6,20-21H,1-2H3;1-4,7-8H. The van der Waals surface area contributed by atoms with Crippen LogP contribution in [-0.2, 0) is 5.41 Å². The average molecular weight is 654 g/mol. The average Bonchev–Trinajstić information content (AvgIpc) is 2.66. The van der Waals surface area contributed by atoms with Crippen molar-refractivity contribution >= 4 is 63.7 Å². The van der Waals surface area contributed by atoms with E-state index >= 15 is 0 Å². The number of halogens is 4. The molecule has 0 aliphatic heterocycles. The predicted octanol–water partition coefficient (Wildman–Crippen LogP) is 7.57. The van der Waals surface area contributed by atoms with E-state index in [0.29, 0.717) is 17.9 Å². The van der Waals surface area contributed by atoms with E-state index in [-0.39, 0.29) is 28.4 Å². The molecule has 29 heavy (non-hydrogen) atoms. The fourth-order valence-electron chi connectivity index (χ4n) is 2.47. The van der Waals surface area contributed by atoms with Crippen molar-refractivity contribution in [2.45, 2.75) is 19.3 Å². The Morgan fingerprint density at radius 1 is 0.552 bits per heavy atom. The van der Waals surface area contributed by atoms with Crippen molar-refractivity contribution in [2.24, 2.45) is 0 Å². The maximum absolute atomic E-state index is 9.85. The molecule has 3 aromatic rings. The third kappa shape index (κ3) is 5.90. The molecule has 0 heterocycles. The normalized spacial score (nSPS) is 11.0. The number of benzene rings is 3. The smallest absolute Gasteiger partial charge is 0.143 e. The first-order chi connectivity index (χ1) is 13.4. The Labute approximate surface area is 202 Å². The lowest BCUT2D eigenvalue weighted by molar-refractivity contribution is 0.460. The van der Waals surface area contributed by atoms with Crippen molar-refractivity contribution in [1.82, 2.24) is 0 Å². The van der Waals surface area contributed by atoms with Crippen molar-refractivity contribution in [2.75, 3.05) is 0 Å². The summed E-state index contributed by atoms with van der Waals surface area (Å²) >= 11 is 13.5. The predicted molar refractivity (Wildman–Crippen MR) is 129 cm³/mol. The van der Waals surface area contributed by atoms with Crippen LogP contribution in [0.3, 0.4) is 0 Å². The Morgan fingerprint density at radius 3 is 1.03 bits per heavy atom. The number of rotatable bonds is 2. The zero-order valence-electron chi connectivity index (χ0n) is 15.4. The number of hydrogen-bond donors (Lipinski definition) is 4. The summed E-state index contributed by atoms with van der Waals surface area (Å²) < 4.78 is 2.54. The van der Waals surface area contributed by atoms with E-state index in [1.165, 1.54) is 24.3 Å². The molecule has 0 bridgehead atoms. The lowest BCUT2D eigenvalue weighted by Crippen LogP contribution is -2.19. The van der Waals surface area contributed by atoms with Gasteiger partial charge in [0.15, 0.2) is 0 Å². The largest absolute Gasteiger partial charge is 0.508 e. The van der Waals surface area contributed by atoms with Crippen LogP contribution in [0.2, 0.25) is 0 Å². The Hall–Kier alpha value is -1.22. The molecule has 0 radical (unpaired) electrons. The van der Waals surface area contributed by atoms with Gasteiger partial charge in [-0.05, 0) is 123 Å². The van der Waals surface area contributed by atoms with Gasteiger partial charge in [-0.2, -0.15) is 0 Å². The second-order valence-corrected chi connectivity index (χ2v) is 10.1. The molecule has 3 rings (SSSR count). The zero-order valence-corrected chi connectivity index (χ0v) is 21.8. The van der Waals surface area contributed by atoms with Crippen LogP contribution < -0.4 is 0 Å². The first kappa shape index (κ1) is 24.1. The Morgan fingerprint density at radius 2 is 0.793 bits per heavy atom. The van der Waals surface area contributed by atoms with Gasteiger partial charge in [-0.3, -0.25) is 0 Å². The molecule has 0 unspecified atom stereocenters. The maximum atomic E-state index is 9.85. The number of phenols is 4. The molecule has 0 aromatic heterocycles. The monoisotopic (exact) mass is 650 g/mol. The van der Waals surface area contributed by atoms with E-state index in [2.05, 4.69) is 77.6 Å². The zero-order chi connectivity index (χ0) is 21.9. The van der Waals surface area contributed by atoms with Gasteiger partial charge >= 0.3 is 0 Å². The summed E-state index contributed by atoms with van der Waals surface area (Å²) in [5.74, 6) is 0.704. The summed E-state index contributed by atoms with van der Waals surface area (Å²) in [6, 6.07) is 13.3. The third-order valence-electron chi connectivity index (χ3n) is 4.33. The van der Waals surface area contributed by atoms with Gasteiger partial charge in [-0.25, -0.2) is 0 Å². The Balaban J connectivity index is 0.000000313. The molecule has 154 valence electrons. The minimum atomic E-state index is -0.308. The van der Waals surface area contributed by atoms with Crippen molar-refractivity contribution in [3.05, 3.63) is 77.5 Å². The molecular weight excluding hydrogens is 636 g/mol. The summed E-state index contributed by atoms with van der Waals surface area (Å²) in [5, 5.41) is 37.0. The third-order valence-corrected chi connectivity index (χ3v) is 6.74. The highest BCUT2D eigenvalue weighted by Gasteiger charge is 2.26. The molecule has 4 nitrogen and oxygen atoms in total. The van der Waals surface area contributed by atoms with E-state index in [1.54, 1.807) is 0 Å². The van der Waals surface area contributed by atoms with Gasteiger partial charge in [0.25, 0.3) is 0 Å². The molecule has 0 aliphatic rings. The highest BCUT2D eigenvalue weighted by molar-refractivity contribution is 9.11. The topological polar surface area (TPSA) is 80.9 Å². The van der Waals surface area contributed by atoms with Crippen LogP contribution in [-0.4, -0.2) is 20.4 Å². The van der Waals surface area contributed by atoms with E-state index in [9.17, 15) is 10.2 Å². The lowest BCUT2D eigenvalue weighted by atomic mass is 9.78. The van der Waals surface area contributed by atoms with E-state index in [4.69, 9.17) is 10.2 Å². The van der Waals surface area contributed by atoms with Gasteiger partial charge in [0.05, 0.1) is 17.9 Å². The van der Waals surface area contributed by atoms with Crippen LogP contribution >= 0.6 is 63.7 Å². The molecule has 0 saturated carbocycles. The molecule has 4 N–H and O–H groups in total. The Bertz CT molecular complexity index is 891. The maximum Gasteiger partial charge on any atom is 0.143 e. The van der Waals surface area contributed by atoms with E-state index < -0.39 is 0 Å². The molecule has 0 saturated heterocycles. The summed E-state index contributed by atoms with van der Waals surface area (Å²) in [5.41, 5.74) is 1.75. The molecule has 3 aromatic carbocycles. The SMILES string of the molecule is CC(C)(c1cc(Br)c(O)c(Br)c1)c1cc(Br)c(O)c(Br)c1.Oc1ccc(O)cc1. The van der Waals surface area contributed by atoms with Crippen LogP contribution in [0.4, 0.5) is 0 Å². The quantitative estimate of drug-likeness (QED) is 0.215. The highest BCUT2D eigenvalue weighted by atomic mass is 79.9. The van der Waals surface area contributed by atoms with Crippen LogP contribution in [0.5, 0.6) is 23.0 Å². The number of hydrogen-bond acceptors (Lipinski definition) is 4. The van der Waals surface area contributed by atoms with Gasteiger partial charge in [0.1, 0.15) is 23.0 Å². The van der Waals surface area contributed by atoms with Crippen molar-refractivity contribution in [3.8, 4) is 23.0 Å². The van der Waals surface area contributed by atoms with E-state index in [1.807, 2.05) is 24.3 Å². The first-order valence-corrected chi connectivity index (χ1v) is 11.5. The summed E-state index contributed by atoms with van der Waals surface area (Å²) in [6.07, 6.45) is 0. The molecule has 8 heteroatoms. The summed E-state index contributed by atoms with van der Waals surface area (Å²) in [6.45, 7) is 4.17. The van der Waals surface area contributed by atoms with Crippen molar-refractivity contribution < 1.29 is 20.4 Å². The molecule has 0 atom stereocenters. The minimum Gasteiger partial charge on any atom is -0.508 e. The van der Waals surface area contributed by atoms with Crippen molar-refractivity contribution in [1.29, 1.82) is 0 Å². The van der Waals surface area contributed by atoms with Gasteiger partial charge < -0.3 is 20.4 Å². The summed E-state index contributed by atoms with van der Waals surface area (Å²) in [7, 11) is 0. The molecule has 0 aliphatic carbocycles. The first-order valence-electron chi connectivity index (χ1n) is 8.28. The fraction of sp³-hybridized carbons (Fsp3) is 0.143. The number of phenolic OH excluding ortho intramolecular Hbond substituents is 4. The van der Waals surface area contributed by atoms with Crippen LogP contribution in [0.15, 0.2) is 66.4 Å². The second-order valence-electron chi connectivity index (χ2n) is 6.72. The van der Waals surface area contributed by atoms with Gasteiger partial charge in [-0.15, -0.1) is 0 Å². The van der Waals surface area contributed by atoms with Crippen LogP contribution in [0.25, 0.3) is 0 Å².